The van der Waals surface area contributed by atoms with E-state index in [9.17, 15) is 96.1 Å². The van der Waals surface area contributed by atoms with E-state index in [1.165, 1.54) is 13.8 Å². The van der Waals surface area contributed by atoms with Gasteiger partial charge in [-0.25, -0.2) is 4.79 Å². The van der Waals surface area contributed by atoms with E-state index >= 15 is 4.79 Å². The van der Waals surface area contributed by atoms with Crippen LogP contribution in [0.3, 0.4) is 0 Å². The van der Waals surface area contributed by atoms with Gasteiger partial charge in [-0.15, -0.1) is 0 Å². The van der Waals surface area contributed by atoms with E-state index in [0.717, 1.165) is 18.8 Å². The molecule has 564 valence electrons. The van der Waals surface area contributed by atoms with Crippen molar-refractivity contribution in [3.8, 4) is 0 Å². The van der Waals surface area contributed by atoms with Gasteiger partial charge < -0.3 is 148 Å². The Morgan fingerprint density at radius 3 is 1.73 bits per heavy atom. The molecule has 0 radical (unpaired) electrons. The van der Waals surface area contributed by atoms with Crippen molar-refractivity contribution in [1.82, 2.24) is 0 Å². The monoisotopic (exact) mass is 1420 g/mol. The van der Waals surface area contributed by atoms with E-state index in [4.69, 9.17) is 61.6 Å². The molecule has 0 amide bonds. The lowest BCUT2D eigenvalue weighted by Gasteiger charge is -2.71. The maximum absolute atomic E-state index is 16.1. The molecule has 0 aromatic heterocycles. The summed E-state index contributed by atoms with van der Waals surface area (Å²) in [7, 11) is 0. The molecule has 0 aromatic carbocycles. The van der Waals surface area contributed by atoms with Crippen LogP contribution < -0.4 is 0 Å². The van der Waals surface area contributed by atoms with Crippen LogP contribution in [0.25, 0.3) is 0 Å². The van der Waals surface area contributed by atoms with E-state index < -0.39 is 266 Å². The van der Waals surface area contributed by atoms with E-state index in [0.29, 0.717) is 38.5 Å². The Kier molecular flexibility index (Phi) is 22.2. The van der Waals surface area contributed by atoms with Crippen molar-refractivity contribution < 1.29 is 162 Å². The fraction of sp³-hybridized carbons (Fsp3) is 0.909. The number of aliphatic carboxylic acids is 1. The summed E-state index contributed by atoms with van der Waals surface area (Å²) in [5, 5.41) is 175. The molecule has 10 fully saturated rings. The van der Waals surface area contributed by atoms with Crippen LogP contribution in [0.15, 0.2) is 11.6 Å². The largest absolute Gasteiger partial charge is 0.479 e. The fourth-order valence-electron chi connectivity index (χ4n) is 19.2. The number of carboxylic acid groups (broad SMARTS) is 1. The molecule has 99 heavy (non-hydrogen) atoms. The van der Waals surface area contributed by atoms with Gasteiger partial charge >= 0.3 is 17.9 Å². The summed E-state index contributed by atoms with van der Waals surface area (Å²) in [5.74, 6) is -4.84. The first-order chi connectivity index (χ1) is 46.4. The number of aliphatic hydroxyl groups is 15. The van der Waals surface area contributed by atoms with Crippen molar-refractivity contribution in [1.29, 1.82) is 0 Å². The Balaban J connectivity index is 0.890. The van der Waals surface area contributed by atoms with Crippen LogP contribution in [0.1, 0.15) is 120 Å². The normalized spacial score (nSPS) is 53.5. The third-order valence-corrected chi connectivity index (χ3v) is 25.1. The van der Waals surface area contributed by atoms with E-state index in [2.05, 4.69) is 40.7 Å². The molecule has 0 aromatic rings. The predicted octanol–water partition coefficient (Wildman–Crippen LogP) is -4.24. The number of carboxylic acids is 1. The van der Waals surface area contributed by atoms with Gasteiger partial charge in [-0.1, -0.05) is 53.2 Å². The first kappa shape index (κ1) is 76.9. The number of esters is 2. The van der Waals surface area contributed by atoms with Crippen LogP contribution in [0.2, 0.25) is 0 Å². The van der Waals surface area contributed by atoms with Crippen molar-refractivity contribution in [3.05, 3.63) is 11.6 Å². The number of hydrogen-bond acceptors (Lipinski definition) is 32. The summed E-state index contributed by atoms with van der Waals surface area (Å²) in [6.45, 7) is 14.1. The van der Waals surface area contributed by atoms with E-state index in [-0.39, 0.29) is 25.2 Å². The molecule has 6 heterocycles. The van der Waals surface area contributed by atoms with Gasteiger partial charge in [0.1, 0.15) is 115 Å². The quantitative estimate of drug-likeness (QED) is 0.0284. The molecule has 33 heteroatoms. The zero-order chi connectivity index (χ0) is 72.5. The minimum atomic E-state index is -2.13. The third-order valence-electron chi connectivity index (χ3n) is 25.1. The highest BCUT2D eigenvalue weighted by Gasteiger charge is 2.73. The smallest absolute Gasteiger partial charge is 0.335 e. The summed E-state index contributed by atoms with van der Waals surface area (Å²) < 4.78 is 78.8. The third kappa shape index (κ3) is 13.1. The molecule has 5 aliphatic carbocycles. The standard InChI is InChI=1S/C66H102O33/c1-24-47(94-54-43(80)36(73)29(71)22-87-54)42(79)46(83)55(88-24)98-52-51(97-56-44(81)38(75)31(21-68)92-56)48(90-26(3)70)25(2)89-59(52)99-60(86)66-17-16-61(4,5)18-28(66)27-10-11-33-62(6)14-13-35(63(7,23-69)32(62)12-15-64(33,8)65(27,9)19-34(66)72)93-58-50(41(78)40(77)49(95-58)53(84)85)96-57-45(82)39(76)37(74)30(20-67)91-57/h10,23-25,28-52,54-59,67-68,71-83H,11-22H2,1-9H3,(H,84,85). The number of aldehydes is 1. The molecule has 0 bridgehead atoms. The topological polar surface area (TPSA) is 512 Å². The van der Waals surface area contributed by atoms with Gasteiger partial charge in [0.15, 0.2) is 49.8 Å². The lowest BCUT2D eigenvalue weighted by molar-refractivity contribution is -0.382. The highest BCUT2D eigenvalue weighted by molar-refractivity contribution is 5.80. The van der Waals surface area contributed by atoms with Crippen molar-refractivity contribution >= 4 is 24.2 Å². The lowest BCUT2D eigenvalue weighted by Crippen LogP contribution is -2.69. The molecule has 38 unspecified atom stereocenters. The summed E-state index contributed by atoms with van der Waals surface area (Å²) in [5.41, 5.74) is -4.77. The van der Waals surface area contributed by atoms with Crippen molar-refractivity contribution in [2.24, 2.45) is 50.2 Å². The number of fused-ring (bicyclic) bond motifs is 7. The molecule has 38 atom stereocenters. The Morgan fingerprint density at radius 1 is 0.545 bits per heavy atom. The molecule has 4 saturated carbocycles. The maximum atomic E-state index is 16.1. The van der Waals surface area contributed by atoms with Gasteiger partial charge in [0.2, 0.25) is 6.29 Å². The molecular weight excluding hydrogens is 1320 g/mol. The summed E-state index contributed by atoms with van der Waals surface area (Å²) in [6.07, 6.45) is -46.1. The van der Waals surface area contributed by atoms with Crippen LogP contribution in [-0.2, 0) is 80.8 Å². The predicted molar refractivity (Wildman–Crippen MR) is 325 cm³/mol. The van der Waals surface area contributed by atoms with Gasteiger partial charge in [-0.2, -0.15) is 0 Å². The Morgan fingerprint density at radius 2 is 1.10 bits per heavy atom. The number of aliphatic hydroxyl groups excluding tert-OH is 15. The van der Waals surface area contributed by atoms with Gasteiger partial charge in [-0.3, -0.25) is 9.59 Å². The van der Waals surface area contributed by atoms with E-state index in [1.54, 1.807) is 6.92 Å². The van der Waals surface area contributed by atoms with Gasteiger partial charge in [-0.05, 0) is 111 Å². The Bertz CT molecular complexity index is 2920. The van der Waals surface area contributed by atoms with Crippen LogP contribution in [0, 0.1) is 50.2 Å². The average molecular weight is 1420 g/mol. The van der Waals surface area contributed by atoms with Crippen LogP contribution in [0.4, 0.5) is 0 Å². The molecule has 6 saturated heterocycles. The Hall–Kier alpha value is -3.22. The molecule has 33 nitrogen and oxygen atoms in total. The molecular formula is C66H102O33. The number of ether oxygens (including phenoxy) is 13. The minimum Gasteiger partial charge on any atom is -0.479 e. The highest BCUT2D eigenvalue weighted by Crippen LogP contribution is 2.76. The maximum Gasteiger partial charge on any atom is 0.335 e. The van der Waals surface area contributed by atoms with Crippen LogP contribution in [-0.4, -0.2) is 310 Å². The summed E-state index contributed by atoms with van der Waals surface area (Å²) in [6, 6.07) is 0. The second-order valence-electron chi connectivity index (χ2n) is 31.3. The average Bonchev–Trinajstić information content (AvgIpc) is 0.839. The summed E-state index contributed by atoms with van der Waals surface area (Å²) >= 11 is 0. The van der Waals surface area contributed by atoms with Gasteiger partial charge in [0.25, 0.3) is 0 Å². The van der Waals surface area contributed by atoms with Crippen LogP contribution in [0.5, 0.6) is 0 Å². The molecule has 6 aliphatic heterocycles. The first-order valence-corrected chi connectivity index (χ1v) is 34.4. The summed E-state index contributed by atoms with van der Waals surface area (Å²) in [4.78, 5) is 55.6. The number of hydrogen-bond donors (Lipinski definition) is 16. The molecule has 11 aliphatic rings. The second-order valence-corrected chi connectivity index (χ2v) is 31.3. The highest BCUT2D eigenvalue weighted by atomic mass is 16.8. The number of rotatable bonds is 17. The van der Waals surface area contributed by atoms with Gasteiger partial charge in [0, 0.05) is 6.92 Å². The minimum absolute atomic E-state index is 0.0278. The molecule has 0 spiro atoms. The van der Waals surface area contributed by atoms with Gasteiger partial charge in [0.05, 0.1) is 49.7 Å². The van der Waals surface area contributed by atoms with Crippen LogP contribution >= 0.6 is 0 Å². The Labute approximate surface area is 571 Å². The van der Waals surface area contributed by atoms with E-state index in [1.807, 2.05) is 0 Å². The fourth-order valence-corrected chi connectivity index (χ4v) is 19.2. The number of carbonyl (C=O) groups is 4. The SMILES string of the molecule is CC(=O)OC1C(C)OC(OC(=O)C23CCC(C)(C)CC2C2=CCC4C5(C)CCC(OC6OC(C(=O)O)C(O)C(O)C6OC6OC(CO)C(O)C(O)C6O)C(C)(C=O)C5CCC4(C)C2(C)CC3O)C(OC2OC(C)C(OC3OCC(O)C(O)C3O)C(O)C2O)C1OC1OC(CO)C(O)C1O. The molecule has 16 N–H and O–H groups in total. The zero-order valence-corrected chi connectivity index (χ0v) is 56.8. The zero-order valence-electron chi connectivity index (χ0n) is 56.8. The first-order valence-electron chi connectivity index (χ1n) is 34.4. The van der Waals surface area contributed by atoms with Crippen molar-refractivity contribution in [2.75, 3.05) is 19.8 Å². The number of carbonyl (C=O) groups excluding carboxylic acids is 3. The molecule has 11 rings (SSSR count). The van der Waals surface area contributed by atoms with Crippen molar-refractivity contribution in [2.45, 2.75) is 304 Å². The number of allylic oxidation sites excluding steroid dienone is 2. The van der Waals surface area contributed by atoms with Crippen molar-refractivity contribution in [3.63, 3.8) is 0 Å². The second kappa shape index (κ2) is 28.6. The lowest BCUT2D eigenvalue weighted by atomic mass is 9.33.